The first kappa shape index (κ1) is 19.7. The summed E-state index contributed by atoms with van der Waals surface area (Å²) in [5.41, 5.74) is 6.36. The van der Waals surface area contributed by atoms with Crippen molar-refractivity contribution in [3.05, 3.63) is 65.4 Å². The third-order valence-corrected chi connectivity index (χ3v) is 6.31. The van der Waals surface area contributed by atoms with Crippen LogP contribution in [-0.2, 0) is 18.5 Å². The minimum absolute atomic E-state index is 0.0752. The van der Waals surface area contributed by atoms with Crippen molar-refractivity contribution in [3.8, 4) is 11.4 Å². The fraction of sp³-hybridized carbons (Fsp3) is 0.286. The number of fused-ring (bicyclic) bond motifs is 1. The van der Waals surface area contributed by atoms with Crippen molar-refractivity contribution < 1.29 is 13.2 Å². The number of nitrogens with zero attached hydrogens (tertiary/aromatic N) is 7. The quantitative estimate of drug-likeness (QED) is 0.488. The minimum Gasteiger partial charge on any atom is -0.368 e. The van der Waals surface area contributed by atoms with Crippen LogP contribution in [0.4, 0.5) is 24.9 Å². The lowest BCUT2D eigenvalue weighted by molar-refractivity contribution is 0.112. The van der Waals surface area contributed by atoms with Gasteiger partial charge in [-0.05, 0) is 36.1 Å². The van der Waals surface area contributed by atoms with Crippen molar-refractivity contribution in [1.82, 2.24) is 34.9 Å². The Bertz CT molecular complexity index is 1300. The standard InChI is InChI=1S/C21H18F3N9/c22-15-3-11-1-14(2-12(11)4-16(15)23)33-18(8-26-19(33)13-5-27-20(25)28-6-13)32-9-21(24,10-32)17-7-29-31-30-17/h3-8,14H,1-2,9-10H2,(H2,25,27,28)(H,29,30,31). The Hall–Kier alpha value is -3.96. The number of aromatic nitrogens is 7. The maximum atomic E-state index is 15.3. The zero-order valence-corrected chi connectivity index (χ0v) is 17.2. The summed E-state index contributed by atoms with van der Waals surface area (Å²) in [5, 5.41) is 10.0. The van der Waals surface area contributed by atoms with Crippen molar-refractivity contribution in [1.29, 1.82) is 0 Å². The van der Waals surface area contributed by atoms with Gasteiger partial charge in [0.15, 0.2) is 17.3 Å². The van der Waals surface area contributed by atoms with Gasteiger partial charge in [-0.3, -0.25) is 0 Å². The molecule has 2 aliphatic rings. The number of hydrogen-bond acceptors (Lipinski definition) is 7. The van der Waals surface area contributed by atoms with E-state index in [1.54, 1.807) is 18.6 Å². The van der Waals surface area contributed by atoms with Crippen molar-refractivity contribution in [3.63, 3.8) is 0 Å². The Kier molecular flexibility index (Phi) is 4.19. The van der Waals surface area contributed by atoms with Crippen LogP contribution in [0.1, 0.15) is 22.9 Å². The number of nitrogen functional groups attached to an aromatic ring is 1. The topological polar surface area (TPSA) is 114 Å². The van der Waals surface area contributed by atoms with E-state index >= 15 is 4.39 Å². The summed E-state index contributed by atoms with van der Waals surface area (Å²) in [6.07, 6.45) is 7.14. The Morgan fingerprint density at radius 3 is 2.24 bits per heavy atom. The Balaban J connectivity index is 1.38. The van der Waals surface area contributed by atoms with Crippen molar-refractivity contribution >= 4 is 11.8 Å². The van der Waals surface area contributed by atoms with E-state index in [-0.39, 0.29) is 30.8 Å². The molecule has 0 spiro atoms. The van der Waals surface area contributed by atoms with Crippen LogP contribution in [-0.4, -0.2) is 48.0 Å². The van der Waals surface area contributed by atoms with Gasteiger partial charge in [0.25, 0.3) is 0 Å². The molecule has 4 aromatic rings. The lowest BCUT2D eigenvalue weighted by Crippen LogP contribution is -2.57. The second-order valence-electron chi connectivity index (χ2n) is 8.41. The molecule has 3 N–H and O–H groups in total. The van der Waals surface area contributed by atoms with Crippen LogP contribution < -0.4 is 10.6 Å². The van der Waals surface area contributed by atoms with Crippen LogP contribution >= 0.6 is 0 Å². The Morgan fingerprint density at radius 2 is 1.64 bits per heavy atom. The summed E-state index contributed by atoms with van der Waals surface area (Å²) in [5.74, 6) is -0.345. The first-order valence-corrected chi connectivity index (χ1v) is 10.3. The zero-order chi connectivity index (χ0) is 22.7. The smallest absolute Gasteiger partial charge is 0.219 e. The molecule has 0 saturated carbocycles. The van der Waals surface area contributed by atoms with Gasteiger partial charge in [-0.2, -0.15) is 15.4 Å². The molecule has 1 aliphatic carbocycles. The van der Waals surface area contributed by atoms with Crippen LogP contribution in [0.2, 0.25) is 0 Å². The average molecular weight is 453 g/mol. The number of nitrogens with two attached hydrogens (primary N) is 1. The molecule has 168 valence electrons. The number of alkyl halides is 1. The summed E-state index contributed by atoms with van der Waals surface area (Å²) in [6.45, 7) is 0.150. The van der Waals surface area contributed by atoms with Crippen LogP contribution in [0.3, 0.4) is 0 Å². The van der Waals surface area contributed by atoms with Crippen LogP contribution in [0, 0.1) is 11.6 Å². The number of aromatic amines is 1. The molecule has 1 saturated heterocycles. The zero-order valence-electron chi connectivity index (χ0n) is 17.2. The van der Waals surface area contributed by atoms with E-state index in [1.165, 1.54) is 18.3 Å². The fourth-order valence-electron chi connectivity index (χ4n) is 4.68. The van der Waals surface area contributed by atoms with Gasteiger partial charge in [-0.1, -0.05) is 0 Å². The van der Waals surface area contributed by atoms with Gasteiger partial charge in [0.05, 0.1) is 31.0 Å². The predicted molar refractivity (Wildman–Crippen MR) is 112 cm³/mol. The van der Waals surface area contributed by atoms with Crippen LogP contribution in [0.25, 0.3) is 11.4 Å². The van der Waals surface area contributed by atoms with E-state index in [9.17, 15) is 8.78 Å². The van der Waals surface area contributed by atoms with Crippen LogP contribution in [0.15, 0.2) is 36.9 Å². The first-order chi connectivity index (χ1) is 15.9. The maximum absolute atomic E-state index is 15.3. The maximum Gasteiger partial charge on any atom is 0.219 e. The van der Waals surface area contributed by atoms with Gasteiger partial charge in [0, 0.05) is 18.4 Å². The van der Waals surface area contributed by atoms with E-state index < -0.39 is 17.3 Å². The summed E-state index contributed by atoms with van der Waals surface area (Å²) >= 11 is 0. The first-order valence-electron chi connectivity index (χ1n) is 10.3. The molecule has 3 aromatic heterocycles. The molecule has 1 fully saturated rings. The summed E-state index contributed by atoms with van der Waals surface area (Å²) in [7, 11) is 0. The molecule has 33 heavy (non-hydrogen) atoms. The number of H-pyrrole nitrogens is 1. The molecular formula is C21H18F3N9. The Labute approximate surface area is 185 Å². The molecule has 0 amide bonds. The minimum atomic E-state index is -1.63. The largest absolute Gasteiger partial charge is 0.368 e. The van der Waals surface area contributed by atoms with E-state index in [0.29, 0.717) is 30.0 Å². The molecule has 9 nitrogen and oxygen atoms in total. The average Bonchev–Trinajstić information content (AvgIpc) is 3.52. The molecule has 0 radical (unpaired) electrons. The normalized spacial score (nSPS) is 17.2. The van der Waals surface area contributed by atoms with Crippen molar-refractivity contribution in [2.45, 2.75) is 24.6 Å². The third kappa shape index (κ3) is 3.12. The SMILES string of the molecule is Nc1ncc(-c2ncc(N3CC(F)(c4cn[nH]n4)C3)n2C2Cc3cc(F)c(F)cc3C2)cn1. The summed E-state index contributed by atoms with van der Waals surface area (Å²) < 4.78 is 44.9. The van der Waals surface area contributed by atoms with Gasteiger partial charge < -0.3 is 15.2 Å². The van der Waals surface area contributed by atoms with E-state index in [0.717, 1.165) is 11.1 Å². The fourth-order valence-corrected chi connectivity index (χ4v) is 4.68. The number of nitrogens with one attached hydrogen (secondary N) is 1. The van der Waals surface area contributed by atoms with Gasteiger partial charge in [-0.15, -0.1) is 0 Å². The molecule has 0 unspecified atom stereocenters. The number of hydrogen-bond donors (Lipinski definition) is 2. The number of rotatable bonds is 4. The molecular weight excluding hydrogens is 435 g/mol. The van der Waals surface area contributed by atoms with Crippen molar-refractivity contribution in [2.75, 3.05) is 23.7 Å². The van der Waals surface area contributed by atoms with Crippen LogP contribution in [0.5, 0.6) is 0 Å². The summed E-state index contributed by atoms with van der Waals surface area (Å²) in [4.78, 5) is 14.5. The highest BCUT2D eigenvalue weighted by molar-refractivity contribution is 5.61. The number of anilines is 2. The number of benzene rings is 1. The molecule has 4 heterocycles. The predicted octanol–water partition coefficient (Wildman–Crippen LogP) is 2.34. The monoisotopic (exact) mass is 453 g/mol. The molecule has 6 rings (SSSR count). The van der Waals surface area contributed by atoms with E-state index in [2.05, 4.69) is 30.4 Å². The molecule has 0 bridgehead atoms. The van der Waals surface area contributed by atoms with Gasteiger partial charge in [0.2, 0.25) is 5.95 Å². The molecule has 1 aliphatic heterocycles. The highest BCUT2D eigenvalue weighted by Crippen LogP contribution is 2.42. The number of halogens is 3. The highest BCUT2D eigenvalue weighted by atomic mass is 19.2. The Morgan fingerprint density at radius 1 is 0.970 bits per heavy atom. The lowest BCUT2D eigenvalue weighted by Gasteiger charge is -2.45. The summed E-state index contributed by atoms with van der Waals surface area (Å²) in [6, 6.07) is 2.31. The van der Waals surface area contributed by atoms with E-state index in [4.69, 9.17) is 5.73 Å². The third-order valence-electron chi connectivity index (χ3n) is 6.31. The number of imidazole rings is 1. The van der Waals surface area contributed by atoms with Crippen molar-refractivity contribution in [2.24, 2.45) is 0 Å². The molecule has 0 atom stereocenters. The van der Waals surface area contributed by atoms with Gasteiger partial charge in [-0.25, -0.2) is 28.1 Å². The second kappa shape index (κ2) is 7.02. The second-order valence-corrected chi connectivity index (χ2v) is 8.41. The highest BCUT2D eigenvalue weighted by Gasteiger charge is 2.48. The van der Waals surface area contributed by atoms with Gasteiger partial charge >= 0.3 is 0 Å². The van der Waals surface area contributed by atoms with Gasteiger partial charge in [0.1, 0.15) is 17.3 Å². The van der Waals surface area contributed by atoms with E-state index in [1.807, 2.05) is 9.47 Å². The molecule has 12 heteroatoms. The lowest BCUT2D eigenvalue weighted by atomic mass is 9.93. The molecule has 1 aromatic carbocycles.